The number of hydrogen-bond acceptors (Lipinski definition) is 4. The molecule has 1 aromatic rings. The highest BCUT2D eigenvalue weighted by molar-refractivity contribution is 5.94. The van der Waals surface area contributed by atoms with Crippen molar-refractivity contribution in [2.45, 2.75) is 45.1 Å². The zero-order valence-corrected chi connectivity index (χ0v) is 12.2. The van der Waals surface area contributed by atoms with Crippen LogP contribution in [-0.2, 0) is 4.74 Å². The van der Waals surface area contributed by atoms with Crippen LogP contribution in [0.15, 0.2) is 18.2 Å². The van der Waals surface area contributed by atoms with Crippen LogP contribution in [0.2, 0.25) is 0 Å². The van der Waals surface area contributed by atoms with Gasteiger partial charge in [-0.1, -0.05) is 19.4 Å². The number of benzene rings is 1. The second kappa shape index (κ2) is 6.64. The van der Waals surface area contributed by atoms with E-state index in [4.69, 9.17) is 15.2 Å². The Kier molecular flexibility index (Phi) is 4.88. The summed E-state index contributed by atoms with van der Waals surface area (Å²) in [6.07, 6.45) is 5.86. The number of hydrogen-bond donors (Lipinski definition) is 1. The summed E-state index contributed by atoms with van der Waals surface area (Å²) in [5.74, 6) is 0.606. The van der Waals surface area contributed by atoms with Gasteiger partial charge in [-0.2, -0.15) is 0 Å². The second-order valence-electron chi connectivity index (χ2n) is 5.32. The van der Waals surface area contributed by atoms with Crippen LogP contribution in [0, 0.1) is 5.92 Å². The fraction of sp³-hybridized carbons (Fsp3) is 0.562. The number of nitrogen functional groups attached to an aromatic ring is 1. The Morgan fingerprint density at radius 3 is 2.80 bits per heavy atom. The van der Waals surface area contributed by atoms with Gasteiger partial charge in [0.2, 0.25) is 0 Å². The molecular weight excluding hydrogens is 254 g/mol. The van der Waals surface area contributed by atoms with Crippen LogP contribution in [0.4, 0.5) is 5.69 Å². The minimum atomic E-state index is -0.406. The normalized spacial score (nSPS) is 22.3. The lowest BCUT2D eigenvalue weighted by molar-refractivity contribution is 0.0576. The van der Waals surface area contributed by atoms with Crippen molar-refractivity contribution in [1.29, 1.82) is 0 Å². The van der Waals surface area contributed by atoms with E-state index in [1.165, 1.54) is 26.4 Å². The van der Waals surface area contributed by atoms with E-state index in [0.717, 1.165) is 12.8 Å². The number of rotatable bonds is 4. The van der Waals surface area contributed by atoms with Crippen molar-refractivity contribution >= 4 is 11.7 Å². The van der Waals surface area contributed by atoms with E-state index in [9.17, 15) is 4.79 Å². The van der Waals surface area contributed by atoms with Crippen LogP contribution >= 0.6 is 0 Å². The largest absolute Gasteiger partial charge is 0.487 e. The van der Waals surface area contributed by atoms with Crippen molar-refractivity contribution in [2.75, 3.05) is 12.8 Å². The van der Waals surface area contributed by atoms with Crippen LogP contribution in [0.1, 0.15) is 49.4 Å². The molecule has 0 saturated heterocycles. The summed E-state index contributed by atoms with van der Waals surface area (Å²) >= 11 is 0. The molecule has 0 heterocycles. The molecule has 4 nitrogen and oxygen atoms in total. The predicted molar refractivity (Wildman–Crippen MR) is 78.9 cm³/mol. The number of carbonyl (C=O) groups excluding carboxylic acids is 1. The minimum Gasteiger partial charge on any atom is -0.487 e. The number of anilines is 1. The molecule has 110 valence electrons. The summed E-state index contributed by atoms with van der Waals surface area (Å²) in [4.78, 5) is 11.8. The Morgan fingerprint density at radius 1 is 1.35 bits per heavy atom. The lowest BCUT2D eigenvalue weighted by Gasteiger charge is -2.32. The van der Waals surface area contributed by atoms with Crippen molar-refractivity contribution in [3.8, 4) is 5.75 Å². The zero-order valence-electron chi connectivity index (χ0n) is 12.2. The monoisotopic (exact) mass is 277 g/mol. The molecule has 20 heavy (non-hydrogen) atoms. The summed E-state index contributed by atoms with van der Waals surface area (Å²) in [6, 6.07) is 5.19. The van der Waals surface area contributed by atoms with Gasteiger partial charge in [-0.05, 0) is 43.7 Å². The summed E-state index contributed by atoms with van der Waals surface area (Å²) < 4.78 is 10.9. The summed E-state index contributed by atoms with van der Waals surface area (Å²) in [7, 11) is 1.37. The average Bonchev–Trinajstić information content (AvgIpc) is 2.49. The molecule has 1 aliphatic rings. The van der Waals surface area contributed by atoms with Gasteiger partial charge in [0.25, 0.3) is 0 Å². The van der Waals surface area contributed by atoms with E-state index in [-0.39, 0.29) is 6.10 Å². The Bertz CT molecular complexity index is 473. The van der Waals surface area contributed by atoms with Crippen molar-refractivity contribution in [2.24, 2.45) is 5.92 Å². The maximum absolute atomic E-state index is 11.8. The molecule has 2 unspecified atom stereocenters. The average molecular weight is 277 g/mol. The molecule has 0 aromatic heterocycles. The molecule has 1 saturated carbocycles. The minimum absolute atomic E-state index is 0.141. The maximum Gasteiger partial charge on any atom is 0.341 e. The number of para-hydroxylation sites is 1. The zero-order chi connectivity index (χ0) is 14.5. The SMILES string of the molecule is CCC1CCCCC1Oc1c(N)cccc1C(=O)OC. The molecule has 1 fully saturated rings. The van der Waals surface area contributed by atoms with Crippen molar-refractivity contribution in [3.63, 3.8) is 0 Å². The molecule has 1 aromatic carbocycles. The molecule has 2 N–H and O–H groups in total. The summed E-state index contributed by atoms with van der Waals surface area (Å²) in [6.45, 7) is 2.18. The van der Waals surface area contributed by atoms with Crippen molar-refractivity contribution < 1.29 is 14.3 Å². The van der Waals surface area contributed by atoms with Gasteiger partial charge in [-0.25, -0.2) is 4.79 Å². The molecule has 1 aliphatic carbocycles. The topological polar surface area (TPSA) is 61.5 Å². The maximum atomic E-state index is 11.8. The first-order chi connectivity index (χ1) is 9.67. The van der Waals surface area contributed by atoms with Gasteiger partial charge in [0, 0.05) is 0 Å². The standard InChI is InChI=1S/C16H23NO3/c1-3-11-7-4-5-10-14(11)20-15-12(16(18)19-2)8-6-9-13(15)17/h6,8-9,11,14H,3-5,7,10,17H2,1-2H3. The molecule has 0 spiro atoms. The molecule has 0 radical (unpaired) electrons. The van der Waals surface area contributed by atoms with E-state index < -0.39 is 5.97 Å². The van der Waals surface area contributed by atoms with E-state index in [2.05, 4.69) is 6.92 Å². The first-order valence-corrected chi connectivity index (χ1v) is 7.30. The quantitative estimate of drug-likeness (QED) is 0.676. The van der Waals surface area contributed by atoms with Crippen LogP contribution in [0.3, 0.4) is 0 Å². The van der Waals surface area contributed by atoms with Gasteiger partial charge in [-0.15, -0.1) is 0 Å². The Hall–Kier alpha value is -1.71. The number of nitrogens with two attached hydrogens (primary N) is 1. The Balaban J connectivity index is 2.25. The first-order valence-electron chi connectivity index (χ1n) is 7.30. The van der Waals surface area contributed by atoms with Gasteiger partial charge < -0.3 is 15.2 Å². The van der Waals surface area contributed by atoms with Gasteiger partial charge in [0.15, 0.2) is 5.75 Å². The molecule has 2 atom stereocenters. The lowest BCUT2D eigenvalue weighted by atomic mass is 9.84. The van der Waals surface area contributed by atoms with Gasteiger partial charge >= 0.3 is 5.97 Å². The van der Waals surface area contributed by atoms with Gasteiger partial charge in [-0.3, -0.25) is 0 Å². The smallest absolute Gasteiger partial charge is 0.341 e. The van der Waals surface area contributed by atoms with Crippen LogP contribution in [-0.4, -0.2) is 19.2 Å². The van der Waals surface area contributed by atoms with Gasteiger partial charge in [0.05, 0.1) is 12.8 Å². The van der Waals surface area contributed by atoms with Crippen LogP contribution in [0.5, 0.6) is 5.75 Å². The van der Waals surface area contributed by atoms with E-state index in [1.807, 2.05) is 0 Å². The summed E-state index contributed by atoms with van der Waals surface area (Å²) in [5, 5.41) is 0. The number of carbonyl (C=O) groups is 1. The van der Waals surface area contributed by atoms with Crippen LogP contribution in [0.25, 0.3) is 0 Å². The fourth-order valence-electron chi connectivity index (χ4n) is 2.90. The third-order valence-corrected chi connectivity index (χ3v) is 4.08. The number of ether oxygens (including phenoxy) is 2. The highest BCUT2D eigenvalue weighted by Gasteiger charge is 2.27. The van der Waals surface area contributed by atoms with Crippen LogP contribution < -0.4 is 10.5 Å². The molecule has 0 bridgehead atoms. The number of esters is 1. The summed E-state index contributed by atoms with van der Waals surface area (Å²) in [5.41, 5.74) is 6.89. The van der Waals surface area contributed by atoms with E-state index >= 15 is 0 Å². The Morgan fingerprint density at radius 2 is 2.10 bits per heavy atom. The lowest BCUT2D eigenvalue weighted by Crippen LogP contribution is -2.30. The molecule has 0 amide bonds. The van der Waals surface area contributed by atoms with E-state index in [1.54, 1.807) is 18.2 Å². The third kappa shape index (κ3) is 3.06. The van der Waals surface area contributed by atoms with Crippen molar-refractivity contribution in [3.05, 3.63) is 23.8 Å². The first kappa shape index (κ1) is 14.7. The fourth-order valence-corrected chi connectivity index (χ4v) is 2.90. The Labute approximate surface area is 120 Å². The predicted octanol–water partition coefficient (Wildman–Crippen LogP) is 3.40. The highest BCUT2D eigenvalue weighted by atomic mass is 16.5. The molecule has 2 rings (SSSR count). The van der Waals surface area contributed by atoms with E-state index in [0.29, 0.717) is 22.9 Å². The highest BCUT2D eigenvalue weighted by Crippen LogP contribution is 2.34. The molecule has 4 heteroatoms. The van der Waals surface area contributed by atoms with Crippen molar-refractivity contribution in [1.82, 2.24) is 0 Å². The third-order valence-electron chi connectivity index (χ3n) is 4.08. The molecule has 0 aliphatic heterocycles. The second-order valence-corrected chi connectivity index (χ2v) is 5.32. The molecular formula is C16H23NO3. The van der Waals surface area contributed by atoms with Gasteiger partial charge in [0.1, 0.15) is 11.7 Å². The number of methoxy groups -OCH3 is 1.